The first-order valence-corrected chi connectivity index (χ1v) is 30.6. The zero-order valence-electron chi connectivity index (χ0n) is 50.3. The van der Waals surface area contributed by atoms with Gasteiger partial charge in [-0.05, 0) is 122 Å². The number of alkyl halides is 3. The van der Waals surface area contributed by atoms with Crippen LogP contribution in [-0.4, -0.2) is 144 Å². The van der Waals surface area contributed by atoms with E-state index in [1.54, 1.807) is 71.7 Å². The van der Waals surface area contributed by atoms with Crippen LogP contribution in [0, 0.1) is 19.3 Å². The molecule has 3 aromatic heterocycles. The summed E-state index contributed by atoms with van der Waals surface area (Å²) in [5, 5.41) is 36.7. The number of nitrogens with zero attached hydrogens (tertiary/aromatic N) is 7. The van der Waals surface area contributed by atoms with E-state index in [1.807, 2.05) is 56.9 Å². The predicted molar refractivity (Wildman–Crippen MR) is 332 cm³/mol. The summed E-state index contributed by atoms with van der Waals surface area (Å²) in [4.78, 5) is 104. The number of halogens is 3. The van der Waals surface area contributed by atoms with E-state index >= 15 is 0 Å². The Hall–Kier alpha value is -8.81. The zero-order valence-corrected chi connectivity index (χ0v) is 51.2. The summed E-state index contributed by atoms with van der Waals surface area (Å²) >= 11 is 1.57. The lowest BCUT2D eigenvalue weighted by Gasteiger charge is -2.35. The first-order chi connectivity index (χ1) is 42.4. The quantitative estimate of drug-likeness (QED) is 0.0297. The van der Waals surface area contributed by atoms with E-state index in [2.05, 4.69) is 51.8 Å². The molecule has 0 saturated carbocycles. The second-order valence-corrected chi connectivity index (χ2v) is 24.6. The van der Waals surface area contributed by atoms with Gasteiger partial charge in [0, 0.05) is 99.0 Å². The summed E-state index contributed by atoms with van der Waals surface area (Å²) in [5.41, 5.74) is 6.09. The van der Waals surface area contributed by atoms with Crippen molar-refractivity contribution < 1.29 is 51.8 Å². The van der Waals surface area contributed by atoms with Gasteiger partial charge in [-0.1, -0.05) is 57.2 Å². The SMILES string of the molecule is Cc1ccc(NC(=O)Cn2cc(-c3ccc4c(NC(=O)c5ccc(NC(=O)CCCCC(=O)N6CCN(CCCCC(=O)NC(C(=O)N7CC(O)CC7C(=O)NCc7ccc(-c8scnc8C)cc7)C(C)(C)C)CC6)cc5)n[nH]c4c3)cn2)cc1C(F)(F)F. The maximum Gasteiger partial charge on any atom is 0.416 e. The number of amides is 7. The van der Waals surface area contributed by atoms with E-state index in [9.17, 15) is 51.8 Å². The van der Waals surface area contributed by atoms with Gasteiger partial charge in [-0.15, -0.1) is 11.3 Å². The maximum absolute atomic E-state index is 14.1. The van der Waals surface area contributed by atoms with Crippen LogP contribution in [0.1, 0.15) is 105 Å². The normalized spacial score (nSPS) is 15.8. The molecule has 2 saturated heterocycles. The monoisotopic (exact) mass is 1240 g/mol. The van der Waals surface area contributed by atoms with Crippen molar-refractivity contribution in [1.29, 1.82) is 0 Å². The van der Waals surface area contributed by atoms with Crippen LogP contribution in [0.4, 0.5) is 30.4 Å². The molecule has 4 aromatic carbocycles. The van der Waals surface area contributed by atoms with E-state index in [0.29, 0.717) is 85.4 Å². The van der Waals surface area contributed by atoms with Gasteiger partial charge in [0.1, 0.15) is 18.6 Å². The highest BCUT2D eigenvalue weighted by molar-refractivity contribution is 7.13. The zero-order chi connectivity index (χ0) is 63.6. The predicted octanol–water partition coefficient (Wildman–Crippen LogP) is 8.70. The third kappa shape index (κ3) is 17.1. The van der Waals surface area contributed by atoms with Crippen molar-refractivity contribution in [2.24, 2.45) is 5.41 Å². The number of H-pyrrole nitrogens is 1. The Morgan fingerprint density at radius 2 is 1.45 bits per heavy atom. The second kappa shape index (κ2) is 28.6. The fourth-order valence-corrected chi connectivity index (χ4v) is 11.7. The standard InChI is InChI=1S/C64H74F3N13O8S/c1-39-13-21-47(31-50(39)64(65,66)67)72-55(84)37-79-35-45(34-70-79)44-20-24-49-51(30-44)75-76-59(49)74-60(86)43-18-22-46(23-19-43)71-53(82)10-6-7-12-56(85)78-28-26-77(27-29-78)25-9-8-11-54(83)73-58(63(3,4)5)62(88)80-36-48(81)32-52(80)61(87)68-33-41-14-16-42(17-15-41)57-40(2)69-38-89-57/h13-24,30-31,34-35,38,48,52,58,81H,6-12,25-29,32-33,36-37H2,1-5H3,(H,68,87)(H,71,82)(H,72,84)(H,73,83)(H2,74,75,76,86). The van der Waals surface area contributed by atoms with Gasteiger partial charge in [0.05, 0.1) is 39.5 Å². The largest absolute Gasteiger partial charge is 0.416 e. The van der Waals surface area contributed by atoms with Gasteiger partial charge < -0.3 is 41.5 Å². The third-order valence-corrected chi connectivity index (χ3v) is 16.9. The average molecular weight is 1240 g/mol. The van der Waals surface area contributed by atoms with Gasteiger partial charge in [0.25, 0.3) is 5.91 Å². The number of fused-ring (bicyclic) bond motifs is 1. The van der Waals surface area contributed by atoms with E-state index in [-0.39, 0.29) is 73.8 Å². The number of rotatable bonds is 23. The summed E-state index contributed by atoms with van der Waals surface area (Å²) in [7, 11) is 0. The molecule has 2 aliphatic rings. The van der Waals surface area contributed by atoms with E-state index < -0.39 is 53.1 Å². The average Bonchev–Trinajstić information content (AvgIpc) is 2.44. The molecule has 25 heteroatoms. The number of β-amino-alcohol motifs (C(OH)–C–C–N with tert-alkyl or cyclic N) is 1. The number of benzene rings is 4. The van der Waals surface area contributed by atoms with Crippen LogP contribution in [0.2, 0.25) is 0 Å². The van der Waals surface area contributed by atoms with Crippen LogP contribution in [0.25, 0.3) is 32.5 Å². The molecule has 3 unspecified atom stereocenters. The van der Waals surface area contributed by atoms with Crippen molar-refractivity contribution in [3.8, 4) is 21.6 Å². The number of carbonyl (C=O) groups excluding carboxylic acids is 7. The van der Waals surface area contributed by atoms with Crippen molar-refractivity contribution >= 4 is 80.8 Å². The molecule has 7 amide bonds. The molecule has 0 radical (unpaired) electrons. The lowest BCUT2D eigenvalue weighted by molar-refractivity contribution is -0.144. The summed E-state index contributed by atoms with van der Waals surface area (Å²) in [6.45, 7) is 12.2. The van der Waals surface area contributed by atoms with Gasteiger partial charge >= 0.3 is 6.18 Å². The van der Waals surface area contributed by atoms with Crippen molar-refractivity contribution in [2.75, 3.05) is 55.2 Å². The number of aliphatic hydroxyl groups excluding tert-OH is 1. The highest BCUT2D eigenvalue weighted by Gasteiger charge is 2.44. The van der Waals surface area contributed by atoms with E-state index in [1.165, 1.54) is 28.6 Å². The number of aromatic nitrogens is 5. The van der Waals surface area contributed by atoms with E-state index in [4.69, 9.17) is 0 Å². The molecule has 89 heavy (non-hydrogen) atoms. The molecular formula is C64H74F3N13O8S. The Kier molecular flexibility index (Phi) is 20.8. The van der Waals surface area contributed by atoms with Crippen molar-refractivity contribution in [1.82, 2.24) is 50.3 Å². The van der Waals surface area contributed by atoms with Crippen LogP contribution in [0.15, 0.2) is 103 Å². The molecule has 7 aromatic rings. The number of hydrogen-bond donors (Lipinski definition) is 7. The molecule has 470 valence electrons. The number of carbonyl (C=O) groups is 7. The molecule has 2 aliphatic heterocycles. The molecule has 0 spiro atoms. The number of piperazine rings is 1. The molecule has 2 fully saturated rings. The lowest BCUT2D eigenvalue weighted by Crippen LogP contribution is -2.57. The van der Waals surface area contributed by atoms with Gasteiger partial charge in [-0.3, -0.25) is 48.2 Å². The van der Waals surface area contributed by atoms with Gasteiger partial charge in [0.15, 0.2) is 5.82 Å². The Balaban J connectivity index is 0.631. The number of unbranched alkanes of at least 4 members (excludes halogenated alkanes) is 2. The van der Waals surface area contributed by atoms with Crippen LogP contribution in [0.5, 0.6) is 0 Å². The summed E-state index contributed by atoms with van der Waals surface area (Å²) in [6, 6.07) is 21.4. The fourth-order valence-electron chi connectivity index (χ4n) is 10.9. The summed E-state index contributed by atoms with van der Waals surface area (Å²) in [5.74, 6) is -1.92. The van der Waals surface area contributed by atoms with Gasteiger partial charge in [-0.2, -0.15) is 23.4 Å². The molecule has 3 atom stereocenters. The van der Waals surface area contributed by atoms with Gasteiger partial charge in [-0.25, -0.2) is 4.98 Å². The Morgan fingerprint density at radius 3 is 2.16 bits per heavy atom. The Bertz CT molecular complexity index is 3680. The first-order valence-electron chi connectivity index (χ1n) is 29.7. The molecule has 21 nitrogen and oxygen atoms in total. The van der Waals surface area contributed by atoms with E-state index in [0.717, 1.165) is 46.3 Å². The molecular weight excluding hydrogens is 1170 g/mol. The van der Waals surface area contributed by atoms with Crippen LogP contribution < -0.4 is 26.6 Å². The minimum atomic E-state index is -4.55. The van der Waals surface area contributed by atoms with Crippen molar-refractivity contribution in [3.05, 3.63) is 131 Å². The van der Waals surface area contributed by atoms with Crippen molar-refractivity contribution in [3.63, 3.8) is 0 Å². The summed E-state index contributed by atoms with van der Waals surface area (Å²) in [6.07, 6.45) is 0.978. The molecule has 9 rings (SSSR count). The van der Waals surface area contributed by atoms with Crippen LogP contribution >= 0.6 is 11.3 Å². The highest BCUT2D eigenvalue weighted by atomic mass is 32.1. The second-order valence-electron chi connectivity index (χ2n) is 23.7. The van der Waals surface area contributed by atoms with Gasteiger partial charge in [0.2, 0.25) is 35.4 Å². The lowest BCUT2D eigenvalue weighted by atomic mass is 9.85. The van der Waals surface area contributed by atoms with Crippen LogP contribution in [0.3, 0.4) is 0 Å². The summed E-state index contributed by atoms with van der Waals surface area (Å²) < 4.78 is 41.5. The highest BCUT2D eigenvalue weighted by Crippen LogP contribution is 2.34. The molecule has 5 heterocycles. The smallest absolute Gasteiger partial charge is 0.391 e. The number of aryl methyl sites for hydroxylation is 2. The molecule has 0 aliphatic carbocycles. The number of hydrogen-bond acceptors (Lipinski definition) is 13. The number of anilines is 3. The Labute approximate surface area is 517 Å². The number of thiazole rings is 1. The minimum absolute atomic E-state index is 0.0102. The number of aliphatic hydroxyl groups is 1. The first kappa shape index (κ1) is 64.7. The minimum Gasteiger partial charge on any atom is -0.391 e. The number of likely N-dealkylation sites (tertiary alicyclic amines) is 1. The Morgan fingerprint density at radius 1 is 0.764 bits per heavy atom. The number of aromatic amines is 1. The van der Waals surface area contributed by atoms with Crippen LogP contribution in [-0.2, 0) is 48.0 Å². The van der Waals surface area contributed by atoms with Crippen molar-refractivity contribution in [2.45, 2.75) is 123 Å². The maximum atomic E-state index is 14.1. The molecule has 7 N–H and O–H groups in total. The molecule has 0 bridgehead atoms. The topological polar surface area (TPSA) is 269 Å². The third-order valence-electron chi connectivity index (χ3n) is 15.9. The number of nitrogens with one attached hydrogen (secondary N) is 6. The fraction of sp³-hybridized carbons (Fsp3) is 0.406.